The zero-order valence-corrected chi connectivity index (χ0v) is 39.4. The number of hydrogen-bond donors (Lipinski definition) is 7. The number of nitrogens with one attached hydrogen (secondary N) is 4. The van der Waals surface area contributed by atoms with Gasteiger partial charge < -0.3 is 50.5 Å². The lowest BCUT2D eigenvalue weighted by Gasteiger charge is -2.36. The minimum atomic E-state index is -2.12. The SMILES string of the molecule is CC(C)Oc1cc(C(=O)N[C@H]2C[C@H](NC(=O)COc3cccc([C@](O)(C(=O)OCC4CCN(Cc5ccccc5)CC4)c4ccccc4)c3)C2)ccc1CNC[C@H](O)c1ccc(O)c2[nH]c(=O)ccc12. The zero-order chi connectivity index (χ0) is 49.2. The number of nitrogens with zero attached hydrogens (tertiary/aromatic N) is 1. The summed E-state index contributed by atoms with van der Waals surface area (Å²) in [5.74, 6) is -0.516. The Morgan fingerprint density at radius 3 is 2.29 bits per heavy atom. The van der Waals surface area contributed by atoms with Gasteiger partial charge in [-0.3, -0.25) is 19.3 Å². The van der Waals surface area contributed by atoms with Crippen LogP contribution in [0.25, 0.3) is 10.9 Å². The summed E-state index contributed by atoms with van der Waals surface area (Å²) in [4.78, 5) is 57.2. The van der Waals surface area contributed by atoms with E-state index in [4.69, 9.17) is 14.2 Å². The normalized spacial score (nSPS) is 17.5. The number of H-pyrrole nitrogens is 1. The first-order valence-corrected chi connectivity index (χ1v) is 23.9. The molecule has 2 heterocycles. The Hall–Kier alpha value is -7.04. The first kappa shape index (κ1) is 49.4. The number of hydrogen-bond acceptors (Lipinski definition) is 12. The number of amides is 2. The average Bonchev–Trinajstić information content (AvgIpc) is 3.35. The summed E-state index contributed by atoms with van der Waals surface area (Å²) in [6.45, 7) is 6.82. The van der Waals surface area contributed by atoms with Crippen LogP contribution in [-0.4, -0.2) is 94.0 Å². The molecule has 2 amide bonds. The molecule has 1 aliphatic carbocycles. The summed E-state index contributed by atoms with van der Waals surface area (Å²) in [7, 11) is 0. The number of aromatic amines is 1. The Labute approximate surface area is 406 Å². The highest BCUT2D eigenvalue weighted by Crippen LogP contribution is 2.34. The van der Waals surface area contributed by atoms with E-state index in [2.05, 4.69) is 38.0 Å². The Morgan fingerprint density at radius 1 is 0.829 bits per heavy atom. The van der Waals surface area contributed by atoms with E-state index in [1.165, 1.54) is 17.7 Å². The quantitative estimate of drug-likeness (QED) is 0.0440. The van der Waals surface area contributed by atoms with E-state index in [-0.39, 0.29) is 78.1 Å². The predicted octanol–water partition coefficient (Wildman–Crippen LogP) is 5.99. The number of benzene rings is 5. The van der Waals surface area contributed by atoms with Gasteiger partial charge in [0, 0.05) is 59.9 Å². The van der Waals surface area contributed by atoms with Crippen LogP contribution in [0.5, 0.6) is 17.2 Å². The molecule has 7 N–H and O–H groups in total. The molecule has 1 aromatic heterocycles. The van der Waals surface area contributed by atoms with Crippen molar-refractivity contribution in [2.45, 2.75) is 82.5 Å². The van der Waals surface area contributed by atoms with Crippen molar-refractivity contribution >= 4 is 28.7 Å². The second-order valence-corrected chi connectivity index (χ2v) is 18.5. The summed E-state index contributed by atoms with van der Waals surface area (Å²) in [5.41, 5.74) is 1.39. The van der Waals surface area contributed by atoms with Crippen molar-refractivity contribution in [3.8, 4) is 17.2 Å². The van der Waals surface area contributed by atoms with Gasteiger partial charge in [-0.1, -0.05) is 84.9 Å². The molecular weight excluding hydrogens is 891 g/mol. The van der Waals surface area contributed by atoms with E-state index >= 15 is 0 Å². The lowest BCUT2D eigenvalue weighted by atomic mass is 9.86. The van der Waals surface area contributed by atoms with Crippen LogP contribution in [0.15, 0.2) is 132 Å². The summed E-state index contributed by atoms with van der Waals surface area (Å²) >= 11 is 0. The van der Waals surface area contributed by atoms with Gasteiger partial charge in [0.25, 0.3) is 11.8 Å². The lowest BCUT2D eigenvalue weighted by Crippen LogP contribution is -2.54. The second kappa shape index (κ2) is 22.6. The van der Waals surface area contributed by atoms with E-state index in [9.17, 15) is 34.5 Å². The first-order valence-electron chi connectivity index (χ1n) is 23.9. The molecule has 1 aliphatic heterocycles. The number of aromatic hydroxyl groups is 1. The van der Waals surface area contributed by atoms with Crippen LogP contribution >= 0.6 is 0 Å². The fourth-order valence-electron chi connectivity index (χ4n) is 9.09. The van der Waals surface area contributed by atoms with E-state index in [0.29, 0.717) is 53.0 Å². The molecule has 5 aromatic carbocycles. The standard InChI is InChI=1S/C55H61N5O10/c1-35(2)70-49-26-38(16-17-39(49)30-56-31-48(62)45-18-20-47(61)52-46(45)19-21-50(63)59-52)53(65)58-43-28-42(29-43)57-51(64)34-68-44-15-9-14-41(27-44)55(67,40-12-7-4-8-13-40)54(66)69-33-37-22-24-60(25-23-37)32-36-10-5-3-6-11-36/h3-21,26-27,35,37,42-43,48,56,61-62,67H,22-25,28-34H2,1-2H3,(H,57,64)(H,58,65)(H,59,63)/t42-,43-,48-,55-/m0/s1. The van der Waals surface area contributed by atoms with Crippen molar-refractivity contribution in [3.63, 3.8) is 0 Å². The van der Waals surface area contributed by atoms with Crippen LogP contribution in [0.4, 0.5) is 0 Å². The van der Waals surface area contributed by atoms with Gasteiger partial charge in [0.1, 0.15) is 17.2 Å². The van der Waals surface area contributed by atoms with Gasteiger partial charge >= 0.3 is 5.97 Å². The summed E-state index contributed by atoms with van der Waals surface area (Å²) in [6.07, 6.45) is 1.68. The fraction of sp³-hybridized carbons (Fsp3) is 0.345. The molecule has 0 spiro atoms. The minimum absolute atomic E-state index is 0.0870. The molecule has 8 rings (SSSR count). The largest absolute Gasteiger partial charge is 0.506 e. The molecule has 15 nitrogen and oxygen atoms in total. The molecule has 2 fully saturated rings. The van der Waals surface area contributed by atoms with Gasteiger partial charge in [-0.2, -0.15) is 0 Å². The minimum Gasteiger partial charge on any atom is -0.506 e. The number of aliphatic hydroxyl groups excluding tert-OH is 1. The monoisotopic (exact) mass is 951 g/mol. The third-order valence-electron chi connectivity index (χ3n) is 13.0. The molecule has 2 atom stereocenters. The number of pyridine rings is 1. The van der Waals surface area contributed by atoms with Gasteiger partial charge in [-0.05, 0) is 112 Å². The van der Waals surface area contributed by atoms with Gasteiger partial charge in [0.15, 0.2) is 6.61 Å². The molecule has 1 saturated heterocycles. The highest BCUT2D eigenvalue weighted by atomic mass is 16.6. The molecular formula is C55H61N5O10. The van der Waals surface area contributed by atoms with Gasteiger partial charge in [0.2, 0.25) is 11.2 Å². The van der Waals surface area contributed by atoms with Crippen molar-refractivity contribution in [2.24, 2.45) is 5.92 Å². The van der Waals surface area contributed by atoms with Crippen LogP contribution in [0.1, 0.15) is 83.8 Å². The van der Waals surface area contributed by atoms with E-state index in [1.54, 1.807) is 84.9 Å². The van der Waals surface area contributed by atoms with E-state index < -0.39 is 17.7 Å². The van der Waals surface area contributed by atoms with Crippen molar-refractivity contribution in [1.82, 2.24) is 25.8 Å². The molecule has 6 aromatic rings. The predicted molar refractivity (Wildman–Crippen MR) is 264 cm³/mol. The van der Waals surface area contributed by atoms with Crippen molar-refractivity contribution < 1.29 is 43.9 Å². The Balaban J connectivity index is 0.796. The summed E-state index contributed by atoms with van der Waals surface area (Å²) in [6, 6.07) is 36.4. The summed E-state index contributed by atoms with van der Waals surface area (Å²) in [5, 5.41) is 43.2. The topological polar surface area (TPSA) is 212 Å². The zero-order valence-electron chi connectivity index (χ0n) is 39.4. The highest BCUT2D eigenvalue weighted by molar-refractivity contribution is 5.95. The van der Waals surface area contributed by atoms with Gasteiger partial charge in [-0.25, -0.2) is 4.79 Å². The van der Waals surface area contributed by atoms with Crippen LogP contribution < -0.4 is 31.0 Å². The van der Waals surface area contributed by atoms with Crippen molar-refractivity contribution in [1.29, 1.82) is 0 Å². The third kappa shape index (κ3) is 12.2. The van der Waals surface area contributed by atoms with E-state index in [0.717, 1.165) is 38.0 Å². The molecule has 0 radical (unpaired) electrons. The molecule has 0 unspecified atom stereocenters. The first-order chi connectivity index (χ1) is 33.8. The molecule has 0 bridgehead atoms. The number of phenolic OH excluding ortho intramolecular Hbond substituents is 1. The number of phenols is 1. The molecule has 366 valence electrons. The second-order valence-electron chi connectivity index (χ2n) is 18.5. The molecule has 70 heavy (non-hydrogen) atoms. The van der Waals surface area contributed by atoms with Gasteiger partial charge in [-0.15, -0.1) is 0 Å². The number of aliphatic hydroxyl groups is 2. The number of ether oxygens (including phenoxy) is 3. The Bertz CT molecular complexity index is 2810. The number of carbonyl (C=O) groups is 3. The van der Waals surface area contributed by atoms with E-state index in [1.807, 2.05) is 32.0 Å². The molecule has 2 aliphatic rings. The van der Waals surface area contributed by atoms with Crippen LogP contribution in [0.3, 0.4) is 0 Å². The number of carbonyl (C=O) groups excluding carboxylic acids is 3. The molecule has 1 saturated carbocycles. The number of esters is 1. The maximum Gasteiger partial charge on any atom is 0.347 e. The van der Waals surface area contributed by atoms with Crippen LogP contribution in [-0.2, 0) is 33.0 Å². The summed E-state index contributed by atoms with van der Waals surface area (Å²) < 4.78 is 17.8. The number of rotatable bonds is 20. The molecule has 15 heteroatoms. The van der Waals surface area contributed by atoms with Crippen molar-refractivity contribution in [3.05, 3.63) is 171 Å². The smallest absolute Gasteiger partial charge is 0.347 e. The highest BCUT2D eigenvalue weighted by Gasteiger charge is 2.42. The van der Waals surface area contributed by atoms with Crippen LogP contribution in [0, 0.1) is 5.92 Å². The van der Waals surface area contributed by atoms with Crippen molar-refractivity contribution in [2.75, 3.05) is 32.8 Å². The Kier molecular flexibility index (Phi) is 15.9. The third-order valence-corrected chi connectivity index (χ3v) is 13.0. The average molecular weight is 952 g/mol. The number of likely N-dealkylation sites (tertiary alicyclic amines) is 1. The lowest BCUT2D eigenvalue weighted by molar-refractivity contribution is -0.164. The fourth-order valence-corrected chi connectivity index (χ4v) is 9.09. The number of fused-ring (bicyclic) bond motifs is 1. The number of aromatic nitrogens is 1. The maximum atomic E-state index is 13.9. The van der Waals surface area contributed by atoms with Gasteiger partial charge in [0.05, 0.1) is 24.3 Å². The maximum absolute atomic E-state index is 13.9. The Morgan fingerprint density at radius 2 is 1.54 bits per heavy atom. The van der Waals surface area contributed by atoms with Crippen LogP contribution in [0.2, 0.25) is 0 Å². The number of piperidine rings is 1.